The van der Waals surface area contributed by atoms with Crippen molar-refractivity contribution in [2.75, 3.05) is 30.1 Å². The van der Waals surface area contributed by atoms with Gasteiger partial charge in [-0.3, -0.25) is 4.79 Å². The van der Waals surface area contributed by atoms with Gasteiger partial charge in [-0.05, 0) is 52.3 Å². The molecule has 1 aromatic heterocycles. The van der Waals surface area contributed by atoms with Crippen molar-refractivity contribution in [3.63, 3.8) is 0 Å². The van der Waals surface area contributed by atoms with Crippen molar-refractivity contribution in [3.8, 4) is 11.5 Å². The van der Waals surface area contributed by atoms with Gasteiger partial charge < -0.3 is 14.6 Å². The maximum absolute atomic E-state index is 12.1. The van der Waals surface area contributed by atoms with Crippen LogP contribution < -0.4 is 10.2 Å². The molecule has 3 rings (SSSR count). The summed E-state index contributed by atoms with van der Waals surface area (Å²) >= 11 is 4.66. The number of anilines is 2. The molecular weight excluding hydrogens is 416 g/mol. The fraction of sp³-hybridized carbons (Fsp3) is 0.167. The van der Waals surface area contributed by atoms with Crippen LogP contribution in [0.4, 0.5) is 11.4 Å². The van der Waals surface area contributed by atoms with Gasteiger partial charge in [-0.2, -0.15) is 0 Å². The van der Waals surface area contributed by atoms with Gasteiger partial charge in [0.25, 0.3) is 5.22 Å². The number of hydrogen-bond donors (Lipinski definition) is 1. The first-order chi connectivity index (χ1) is 12.5. The largest absolute Gasteiger partial charge is 0.411 e. The van der Waals surface area contributed by atoms with Crippen molar-refractivity contribution in [2.24, 2.45) is 0 Å². The fourth-order valence-electron chi connectivity index (χ4n) is 2.18. The van der Waals surface area contributed by atoms with E-state index in [0.717, 1.165) is 21.4 Å². The molecule has 0 saturated heterocycles. The van der Waals surface area contributed by atoms with E-state index in [2.05, 4.69) is 31.4 Å². The summed E-state index contributed by atoms with van der Waals surface area (Å²) in [6.45, 7) is 0. The lowest BCUT2D eigenvalue weighted by atomic mass is 10.2. The van der Waals surface area contributed by atoms with Crippen LogP contribution in [0.15, 0.2) is 62.6 Å². The van der Waals surface area contributed by atoms with Crippen molar-refractivity contribution in [2.45, 2.75) is 5.22 Å². The lowest BCUT2D eigenvalue weighted by Gasteiger charge is -2.12. The zero-order chi connectivity index (χ0) is 18.5. The van der Waals surface area contributed by atoms with Crippen LogP contribution in [0.5, 0.6) is 0 Å². The number of carbonyl (C=O) groups is 1. The molecule has 0 aliphatic heterocycles. The maximum atomic E-state index is 12.1. The lowest BCUT2D eigenvalue weighted by Crippen LogP contribution is -2.14. The maximum Gasteiger partial charge on any atom is 0.277 e. The Morgan fingerprint density at radius 3 is 2.58 bits per heavy atom. The first kappa shape index (κ1) is 18.5. The van der Waals surface area contributed by atoms with Gasteiger partial charge in [0.15, 0.2) is 0 Å². The van der Waals surface area contributed by atoms with Crippen molar-refractivity contribution >= 4 is 45.0 Å². The highest BCUT2D eigenvalue weighted by Crippen LogP contribution is 2.29. The number of thioether (sulfide) groups is 1. The molecule has 0 aliphatic rings. The Bertz CT molecular complexity index is 896. The quantitative estimate of drug-likeness (QED) is 0.585. The second-order valence-electron chi connectivity index (χ2n) is 5.63. The first-order valence-electron chi connectivity index (χ1n) is 7.81. The second-order valence-corrected chi connectivity index (χ2v) is 7.41. The number of rotatable bonds is 6. The molecule has 1 amide bonds. The summed E-state index contributed by atoms with van der Waals surface area (Å²) < 4.78 is 6.49. The van der Waals surface area contributed by atoms with Crippen LogP contribution in [0.3, 0.4) is 0 Å². The summed E-state index contributed by atoms with van der Waals surface area (Å²) in [7, 11) is 3.94. The number of aromatic nitrogens is 2. The van der Waals surface area contributed by atoms with Gasteiger partial charge in [-0.25, -0.2) is 0 Å². The Labute approximate surface area is 164 Å². The molecule has 0 unspecified atom stereocenters. The number of nitrogens with one attached hydrogen (secondary N) is 1. The Morgan fingerprint density at radius 1 is 1.15 bits per heavy atom. The normalized spacial score (nSPS) is 10.6. The van der Waals surface area contributed by atoms with Crippen LogP contribution in [-0.4, -0.2) is 36.0 Å². The van der Waals surface area contributed by atoms with Gasteiger partial charge in [0, 0.05) is 29.9 Å². The van der Waals surface area contributed by atoms with Crippen LogP contribution >= 0.6 is 27.7 Å². The Morgan fingerprint density at radius 2 is 1.88 bits per heavy atom. The molecule has 134 valence electrons. The fourth-order valence-corrected chi connectivity index (χ4v) is 3.20. The molecule has 0 atom stereocenters. The zero-order valence-electron chi connectivity index (χ0n) is 14.3. The summed E-state index contributed by atoms with van der Waals surface area (Å²) in [5.74, 6) is 0.473. The monoisotopic (exact) mass is 432 g/mol. The number of benzene rings is 2. The summed E-state index contributed by atoms with van der Waals surface area (Å²) in [5.41, 5.74) is 2.64. The molecule has 0 aliphatic carbocycles. The third-order valence-electron chi connectivity index (χ3n) is 3.50. The molecule has 1 heterocycles. The molecule has 0 saturated carbocycles. The highest BCUT2D eigenvalue weighted by atomic mass is 79.9. The van der Waals surface area contributed by atoms with E-state index in [1.165, 1.54) is 11.8 Å². The van der Waals surface area contributed by atoms with Crippen LogP contribution in [-0.2, 0) is 4.79 Å². The molecular formula is C18H17BrN4O2S. The van der Waals surface area contributed by atoms with Gasteiger partial charge in [-0.1, -0.05) is 23.9 Å². The van der Waals surface area contributed by atoms with Gasteiger partial charge in [0.1, 0.15) is 0 Å². The van der Waals surface area contributed by atoms with Crippen molar-refractivity contribution in [3.05, 3.63) is 53.0 Å². The number of carbonyl (C=O) groups excluding carboxylic acids is 1. The molecule has 3 aromatic rings. The SMILES string of the molecule is CN(C)c1ccc(NC(=O)CSc2nnc(-c3ccccc3Br)o2)cc1. The summed E-state index contributed by atoms with van der Waals surface area (Å²) in [5, 5.41) is 11.2. The molecule has 26 heavy (non-hydrogen) atoms. The number of amides is 1. The van der Waals surface area contributed by atoms with Crippen LogP contribution in [0.1, 0.15) is 0 Å². The minimum Gasteiger partial charge on any atom is -0.411 e. The summed E-state index contributed by atoms with van der Waals surface area (Å²) in [4.78, 5) is 14.1. The standard InChI is InChI=1S/C18H17BrN4O2S/c1-23(2)13-9-7-12(8-10-13)20-16(24)11-26-18-22-21-17(25-18)14-5-3-4-6-15(14)19/h3-10H,11H2,1-2H3,(H,20,24). The minimum absolute atomic E-state index is 0.131. The van der Waals surface area contributed by atoms with E-state index in [-0.39, 0.29) is 11.7 Å². The van der Waals surface area contributed by atoms with Gasteiger partial charge >= 0.3 is 0 Å². The molecule has 0 spiro atoms. The molecule has 8 heteroatoms. The predicted octanol–water partition coefficient (Wildman–Crippen LogP) is 4.30. The van der Waals surface area contributed by atoms with Crippen molar-refractivity contribution in [1.29, 1.82) is 0 Å². The smallest absolute Gasteiger partial charge is 0.277 e. The molecule has 2 aromatic carbocycles. The van der Waals surface area contributed by atoms with Gasteiger partial charge in [0.2, 0.25) is 11.8 Å². The van der Waals surface area contributed by atoms with E-state index in [1.807, 2.05) is 67.5 Å². The predicted molar refractivity (Wildman–Crippen MR) is 108 cm³/mol. The van der Waals surface area contributed by atoms with Crippen LogP contribution in [0.2, 0.25) is 0 Å². The van der Waals surface area contributed by atoms with Crippen molar-refractivity contribution < 1.29 is 9.21 Å². The summed E-state index contributed by atoms with van der Waals surface area (Å²) in [6.07, 6.45) is 0. The third-order valence-corrected chi connectivity index (χ3v) is 5.01. The summed E-state index contributed by atoms with van der Waals surface area (Å²) in [6, 6.07) is 15.2. The van der Waals surface area contributed by atoms with Crippen LogP contribution in [0.25, 0.3) is 11.5 Å². The van der Waals surface area contributed by atoms with Crippen LogP contribution in [0, 0.1) is 0 Å². The average Bonchev–Trinajstić information content (AvgIpc) is 3.09. The molecule has 6 nitrogen and oxygen atoms in total. The second kappa shape index (κ2) is 8.37. The van der Waals surface area contributed by atoms with Crippen molar-refractivity contribution in [1.82, 2.24) is 10.2 Å². The van der Waals surface area contributed by atoms with E-state index < -0.39 is 0 Å². The first-order valence-corrected chi connectivity index (χ1v) is 9.59. The van der Waals surface area contributed by atoms with E-state index in [9.17, 15) is 4.79 Å². The van der Waals surface area contributed by atoms with E-state index in [1.54, 1.807) is 0 Å². The van der Waals surface area contributed by atoms with E-state index in [0.29, 0.717) is 11.1 Å². The topological polar surface area (TPSA) is 71.3 Å². The highest BCUT2D eigenvalue weighted by molar-refractivity contribution is 9.10. The number of halogens is 1. The molecule has 1 N–H and O–H groups in total. The lowest BCUT2D eigenvalue weighted by molar-refractivity contribution is -0.113. The van der Waals surface area contributed by atoms with E-state index in [4.69, 9.17) is 4.42 Å². The Kier molecular flexibility index (Phi) is 5.95. The average molecular weight is 433 g/mol. The molecule has 0 radical (unpaired) electrons. The zero-order valence-corrected chi connectivity index (χ0v) is 16.7. The molecule has 0 bridgehead atoms. The minimum atomic E-state index is -0.131. The van der Waals surface area contributed by atoms with E-state index >= 15 is 0 Å². The molecule has 0 fully saturated rings. The van der Waals surface area contributed by atoms with Gasteiger partial charge in [-0.15, -0.1) is 10.2 Å². The number of hydrogen-bond acceptors (Lipinski definition) is 6. The van der Waals surface area contributed by atoms with Gasteiger partial charge in [0.05, 0.1) is 11.3 Å². The number of nitrogens with zero attached hydrogens (tertiary/aromatic N) is 3. The third kappa shape index (κ3) is 4.64. The Balaban J connectivity index is 1.56. The Hall–Kier alpha value is -2.32. The highest BCUT2D eigenvalue weighted by Gasteiger charge is 2.13.